The van der Waals surface area contributed by atoms with E-state index in [1.165, 1.54) is 0 Å². The summed E-state index contributed by atoms with van der Waals surface area (Å²) in [6.45, 7) is 0. The summed E-state index contributed by atoms with van der Waals surface area (Å²) in [5.74, 6) is 2.42. The van der Waals surface area contributed by atoms with E-state index in [0.717, 1.165) is 33.3 Å². The molecule has 0 aliphatic rings. The Kier molecular flexibility index (Phi) is 9.72. The van der Waals surface area contributed by atoms with Gasteiger partial charge >= 0.3 is 40.8 Å². The molecule has 4 aromatic carbocycles. The summed E-state index contributed by atoms with van der Waals surface area (Å²) in [6, 6.07) is 44.2. The Balaban J connectivity index is 0.00000203. The Morgan fingerprint density at radius 2 is 1.02 bits per heavy atom. The minimum Gasteiger partial charge on any atom is -0.503 e. The van der Waals surface area contributed by atoms with Gasteiger partial charge in [-0.15, -0.1) is 71.8 Å². The second-order valence-electron chi connectivity index (χ2n) is 10.9. The molecule has 0 amide bonds. The first-order chi connectivity index (χ1) is 24.2. The van der Waals surface area contributed by atoms with Crippen molar-refractivity contribution in [3.63, 3.8) is 0 Å². The third-order valence-corrected chi connectivity index (χ3v) is 7.81. The number of fused-ring (bicyclic) bond motifs is 4. The predicted octanol–water partition coefficient (Wildman–Crippen LogP) is 8.42. The zero-order valence-corrected chi connectivity index (χ0v) is 29.3. The van der Waals surface area contributed by atoms with Crippen molar-refractivity contribution in [1.29, 1.82) is 0 Å². The Morgan fingerprint density at radius 1 is 0.471 bits per heavy atom. The van der Waals surface area contributed by atoms with Crippen LogP contribution in [-0.2, 0) is 40.8 Å². The van der Waals surface area contributed by atoms with Crippen LogP contribution in [0.15, 0.2) is 128 Å². The SMILES string of the molecule is [Pd+2].[Pd+2].[c-]1c(Oc2[c-]c3c(cc2)c2ccc(Oc4[c-]c(-c5ccccn5)ccc4)[c-]c2n3-c2ncc3nccnc3n2)cccc1-c1ccccn1. The molecule has 0 spiro atoms. The molecule has 248 valence electrons. The molecule has 0 atom stereocenters. The van der Waals surface area contributed by atoms with Crippen LogP contribution in [0.25, 0.3) is 61.4 Å². The second-order valence-corrected chi connectivity index (χ2v) is 10.9. The van der Waals surface area contributed by atoms with Crippen molar-refractivity contribution in [2.24, 2.45) is 0 Å². The van der Waals surface area contributed by atoms with E-state index in [-0.39, 0.29) is 40.8 Å². The zero-order valence-electron chi connectivity index (χ0n) is 26.2. The van der Waals surface area contributed by atoms with Gasteiger partial charge in [-0.3, -0.25) is 0 Å². The van der Waals surface area contributed by atoms with Crippen molar-refractivity contribution in [2.45, 2.75) is 0 Å². The molecule has 0 saturated heterocycles. The minimum absolute atomic E-state index is 0. The molecule has 5 aromatic heterocycles. The summed E-state index contributed by atoms with van der Waals surface area (Å²) in [5, 5.41) is 1.81. The zero-order chi connectivity index (χ0) is 32.6. The summed E-state index contributed by atoms with van der Waals surface area (Å²) in [7, 11) is 0. The molecule has 11 heteroatoms. The van der Waals surface area contributed by atoms with E-state index < -0.39 is 0 Å². The maximum absolute atomic E-state index is 6.30. The Labute approximate surface area is 319 Å². The first kappa shape index (κ1) is 33.8. The fourth-order valence-electron chi connectivity index (χ4n) is 5.61. The molecular formula is C40H21N7O2Pd2. The average Bonchev–Trinajstić information content (AvgIpc) is 3.48. The van der Waals surface area contributed by atoms with Crippen molar-refractivity contribution >= 4 is 33.0 Å². The minimum atomic E-state index is 0. The van der Waals surface area contributed by atoms with Crippen LogP contribution in [0.5, 0.6) is 23.0 Å². The van der Waals surface area contributed by atoms with Gasteiger partial charge in [0.1, 0.15) is 5.52 Å². The normalized spacial score (nSPS) is 10.8. The molecule has 0 bridgehead atoms. The van der Waals surface area contributed by atoms with Crippen molar-refractivity contribution in [1.82, 2.24) is 34.5 Å². The van der Waals surface area contributed by atoms with Gasteiger partial charge in [0.15, 0.2) is 5.65 Å². The van der Waals surface area contributed by atoms with Gasteiger partial charge in [-0.25, -0.2) is 15.0 Å². The molecule has 9 aromatic rings. The van der Waals surface area contributed by atoms with E-state index >= 15 is 0 Å². The summed E-state index contributed by atoms with van der Waals surface area (Å²) < 4.78 is 14.5. The molecule has 0 unspecified atom stereocenters. The van der Waals surface area contributed by atoms with E-state index in [9.17, 15) is 0 Å². The van der Waals surface area contributed by atoms with Gasteiger partial charge in [0.25, 0.3) is 0 Å². The summed E-state index contributed by atoms with van der Waals surface area (Å²) in [5.41, 5.74) is 5.68. The van der Waals surface area contributed by atoms with Crippen LogP contribution in [0.1, 0.15) is 0 Å². The van der Waals surface area contributed by atoms with Crippen LogP contribution in [0.3, 0.4) is 0 Å². The number of hydrogen-bond donors (Lipinski definition) is 0. The van der Waals surface area contributed by atoms with E-state index in [0.29, 0.717) is 51.1 Å². The maximum atomic E-state index is 6.30. The smallest absolute Gasteiger partial charge is 0.503 e. The molecule has 51 heavy (non-hydrogen) atoms. The molecular weight excluding hydrogens is 823 g/mol. The first-order valence-electron chi connectivity index (χ1n) is 15.4. The van der Waals surface area contributed by atoms with Gasteiger partial charge in [0.2, 0.25) is 5.95 Å². The third kappa shape index (κ3) is 6.77. The number of ether oxygens (including phenoxy) is 2. The largest absolute Gasteiger partial charge is 2.00 e. The molecule has 0 saturated carbocycles. The fourth-order valence-corrected chi connectivity index (χ4v) is 5.61. The van der Waals surface area contributed by atoms with Crippen molar-refractivity contribution < 1.29 is 50.3 Å². The predicted molar refractivity (Wildman–Crippen MR) is 184 cm³/mol. The summed E-state index contributed by atoms with van der Waals surface area (Å²) in [6.07, 6.45) is 8.37. The molecule has 5 heterocycles. The number of pyridine rings is 2. The number of benzene rings is 4. The van der Waals surface area contributed by atoms with E-state index in [1.807, 2.05) is 102 Å². The molecule has 0 N–H and O–H groups in total. The quantitative estimate of drug-likeness (QED) is 0.117. The summed E-state index contributed by atoms with van der Waals surface area (Å²) in [4.78, 5) is 27.1. The number of rotatable bonds is 7. The molecule has 0 aliphatic carbocycles. The number of hydrogen-bond acceptors (Lipinski definition) is 8. The van der Waals surface area contributed by atoms with Crippen LogP contribution in [0, 0.1) is 24.3 Å². The Morgan fingerprint density at radius 3 is 1.57 bits per heavy atom. The van der Waals surface area contributed by atoms with Crippen molar-refractivity contribution in [3.05, 3.63) is 152 Å². The van der Waals surface area contributed by atoms with E-state index in [4.69, 9.17) is 14.5 Å². The Hall–Kier alpha value is -5.68. The maximum Gasteiger partial charge on any atom is 2.00 e. The third-order valence-electron chi connectivity index (χ3n) is 7.81. The standard InChI is InChI=1S/C40H21N7O2.2Pd/c1-3-17-41-34(11-1)26-7-5-9-28(21-26)48-30-13-15-32-33-16-14-31(49-29-10-6-8-27(22-29)35-12-2-4-18-42-35)24-38(33)47(37(32)23-30)40-45-25-36-39(46-40)44-20-19-43-36;;/h1-20,25H;;/q-4;2*+2. The van der Waals surface area contributed by atoms with Gasteiger partial charge in [-0.1, -0.05) is 47.4 Å². The molecule has 0 aliphatic heterocycles. The van der Waals surface area contributed by atoms with Crippen LogP contribution in [0.4, 0.5) is 0 Å². The molecule has 9 nitrogen and oxygen atoms in total. The number of nitrogens with zero attached hydrogens (tertiary/aromatic N) is 7. The van der Waals surface area contributed by atoms with Gasteiger partial charge < -0.3 is 24.0 Å². The van der Waals surface area contributed by atoms with Crippen LogP contribution in [0.2, 0.25) is 0 Å². The average molecular weight is 844 g/mol. The first-order valence-corrected chi connectivity index (χ1v) is 15.4. The van der Waals surface area contributed by atoms with Crippen LogP contribution < -0.4 is 9.47 Å². The molecule has 9 rings (SSSR count). The number of aromatic nitrogens is 7. The topological polar surface area (TPSA) is 101 Å². The van der Waals surface area contributed by atoms with Crippen molar-refractivity contribution in [3.8, 4) is 51.5 Å². The van der Waals surface area contributed by atoms with E-state index in [2.05, 4.69) is 49.2 Å². The van der Waals surface area contributed by atoms with Gasteiger partial charge in [-0.2, -0.15) is 27.9 Å². The molecule has 0 radical (unpaired) electrons. The fraction of sp³-hybridized carbons (Fsp3) is 0. The van der Waals surface area contributed by atoms with Gasteiger partial charge in [-0.05, 0) is 23.5 Å². The monoisotopic (exact) mass is 843 g/mol. The van der Waals surface area contributed by atoms with Crippen LogP contribution in [-0.4, -0.2) is 34.5 Å². The second kappa shape index (κ2) is 14.7. The van der Waals surface area contributed by atoms with Crippen molar-refractivity contribution in [2.75, 3.05) is 0 Å². The molecule has 0 fully saturated rings. The van der Waals surface area contributed by atoms with Gasteiger partial charge in [0.05, 0.1) is 6.20 Å². The summed E-state index contributed by atoms with van der Waals surface area (Å²) >= 11 is 0. The van der Waals surface area contributed by atoms with Gasteiger partial charge in [0, 0.05) is 47.8 Å². The van der Waals surface area contributed by atoms with Crippen LogP contribution >= 0.6 is 0 Å². The van der Waals surface area contributed by atoms with E-state index in [1.54, 1.807) is 31.0 Å². The Bertz CT molecular complexity index is 2500.